The van der Waals surface area contributed by atoms with Gasteiger partial charge in [-0.3, -0.25) is 4.79 Å². The van der Waals surface area contributed by atoms with Crippen molar-refractivity contribution in [1.29, 1.82) is 0 Å². The van der Waals surface area contributed by atoms with Crippen LogP contribution in [0.5, 0.6) is 5.75 Å². The third kappa shape index (κ3) is 4.26. The molecule has 0 heterocycles. The monoisotopic (exact) mass is 279 g/mol. The van der Waals surface area contributed by atoms with Gasteiger partial charge in [0.2, 0.25) is 5.91 Å². The van der Waals surface area contributed by atoms with Gasteiger partial charge in [0, 0.05) is 7.05 Å². The van der Waals surface area contributed by atoms with E-state index in [1.54, 1.807) is 0 Å². The minimum atomic E-state index is -1.02. The Morgan fingerprint density at radius 3 is 2.60 bits per heavy atom. The molecule has 0 bridgehead atoms. The Bertz CT molecular complexity index is 499. The number of carbonyl (C=O) groups is 2. The van der Waals surface area contributed by atoms with Crippen LogP contribution < -0.4 is 4.74 Å². The minimum Gasteiger partial charge on any atom is -0.493 e. The Hall–Kier alpha value is -2.04. The normalized spacial score (nSPS) is 11.8. The summed E-state index contributed by atoms with van der Waals surface area (Å²) in [5.74, 6) is -0.506. The maximum Gasteiger partial charge on any atom is 0.326 e. The van der Waals surface area contributed by atoms with Gasteiger partial charge in [-0.1, -0.05) is 12.1 Å². The van der Waals surface area contributed by atoms with E-state index >= 15 is 0 Å². The van der Waals surface area contributed by atoms with E-state index in [0.29, 0.717) is 0 Å². The summed E-state index contributed by atoms with van der Waals surface area (Å²) in [7, 11) is 1.49. The second-order valence-corrected chi connectivity index (χ2v) is 4.89. The van der Waals surface area contributed by atoms with Crippen LogP contribution in [0.1, 0.15) is 24.5 Å². The van der Waals surface area contributed by atoms with Crippen molar-refractivity contribution in [2.45, 2.75) is 33.2 Å². The van der Waals surface area contributed by atoms with Gasteiger partial charge < -0.3 is 14.7 Å². The molecular weight excluding hydrogens is 258 g/mol. The summed E-state index contributed by atoms with van der Waals surface area (Å²) in [6.45, 7) is 5.63. The van der Waals surface area contributed by atoms with Gasteiger partial charge in [0.05, 0.1) is 13.0 Å². The highest BCUT2D eigenvalue weighted by Crippen LogP contribution is 2.19. The molecule has 0 aliphatic heterocycles. The molecule has 1 N–H and O–H groups in total. The van der Waals surface area contributed by atoms with E-state index < -0.39 is 12.0 Å². The lowest BCUT2D eigenvalue weighted by atomic mass is 10.1. The fourth-order valence-corrected chi connectivity index (χ4v) is 1.67. The molecule has 110 valence electrons. The molecule has 1 rings (SSSR count). The quantitative estimate of drug-likeness (QED) is 0.865. The second kappa shape index (κ2) is 6.93. The van der Waals surface area contributed by atoms with Crippen LogP contribution >= 0.6 is 0 Å². The zero-order valence-electron chi connectivity index (χ0n) is 12.3. The number of aryl methyl sites for hydroxylation is 2. The van der Waals surface area contributed by atoms with Gasteiger partial charge in [-0.05, 0) is 38.0 Å². The van der Waals surface area contributed by atoms with E-state index in [2.05, 4.69) is 0 Å². The van der Waals surface area contributed by atoms with Crippen LogP contribution in [-0.2, 0) is 9.59 Å². The number of hydrogen-bond donors (Lipinski definition) is 1. The predicted molar refractivity (Wildman–Crippen MR) is 75.9 cm³/mol. The molecule has 0 aromatic heterocycles. The predicted octanol–water partition coefficient (Wildman–Crippen LogP) is 2.00. The zero-order chi connectivity index (χ0) is 15.3. The summed E-state index contributed by atoms with van der Waals surface area (Å²) in [6.07, 6.45) is 0.154. The summed E-state index contributed by atoms with van der Waals surface area (Å²) < 4.78 is 5.58. The molecule has 0 saturated carbocycles. The number of carboxylic acid groups (broad SMARTS) is 1. The molecule has 1 unspecified atom stereocenters. The van der Waals surface area contributed by atoms with Crippen LogP contribution in [0.3, 0.4) is 0 Å². The van der Waals surface area contributed by atoms with Gasteiger partial charge in [-0.15, -0.1) is 0 Å². The van der Waals surface area contributed by atoms with Crippen molar-refractivity contribution in [3.8, 4) is 5.75 Å². The first-order valence-electron chi connectivity index (χ1n) is 6.51. The third-order valence-corrected chi connectivity index (χ3v) is 3.25. The number of carbonyl (C=O) groups excluding carboxylic acids is 1. The average molecular weight is 279 g/mol. The van der Waals surface area contributed by atoms with E-state index in [0.717, 1.165) is 16.9 Å². The Morgan fingerprint density at radius 2 is 2.00 bits per heavy atom. The fourth-order valence-electron chi connectivity index (χ4n) is 1.67. The zero-order valence-corrected chi connectivity index (χ0v) is 12.3. The van der Waals surface area contributed by atoms with Gasteiger partial charge in [0.1, 0.15) is 11.8 Å². The van der Waals surface area contributed by atoms with Crippen LogP contribution in [-0.4, -0.2) is 41.6 Å². The first kappa shape index (κ1) is 16.0. The van der Waals surface area contributed by atoms with E-state index in [-0.39, 0.29) is 18.9 Å². The van der Waals surface area contributed by atoms with Crippen molar-refractivity contribution >= 4 is 11.9 Å². The number of likely N-dealkylation sites (N-methyl/N-ethyl adjacent to an activating group) is 1. The average Bonchev–Trinajstić information content (AvgIpc) is 2.40. The number of rotatable bonds is 6. The minimum absolute atomic E-state index is 0.154. The number of benzene rings is 1. The molecular formula is C15H21NO4. The lowest BCUT2D eigenvalue weighted by molar-refractivity contribution is -0.148. The summed E-state index contributed by atoms with van der Waals surface area (Å²) >= 11 is 0. The SMILES string of the molecule is Cc1ccc(C)c(OCCC(=O)N(C)C(C)C(=O)O)c1. The smallest absolute Gasteiger partial charge is 0.326 e. The molecule has 0 radical (unpaired) electrons. The summed E-state index contributed by atoms with van der Waals surface area (Å²) in [5.41, 5.74) is 2.10. The lowest BCUT2D eigenvalue weighted by Crippen LogP contribution is -2.40. The van der Waals surface area contributed by atoms with Crippen molar-refractivity contribution in [3.05, 3.63) is 29.3 Å². The maximum atomic E-state index is 11.8. The Morgan fingerprint density at radius 1 is 1.35 bits per heavy atom. The second-order valence-electron chi connectivity index (χ2n) is 4.89. The Kier molecular flexibility index (Phi) is 5.55. The molecule has 5 nitrogen and oxygen atoms in total. The van der Waals surface area contributed by atoms with Gasteiger partial charge in [0.15, 0.2) is 0 Å². The van der Waals surface area contributed by atoms with Gasteiger partial charge >= 0.3 is 5.97 Å². The first-order chi connectivity index (χ1) is 9.32. The number of aliphatic carboxylic acids is 1. The highest BCUT2D eigenvalue weighted by Gasteiger charge is 2.21. The summed E-state index contributed by atoms with van der Waals surface area (Å²) in [4.78, 5) is 23.8. The molecule has 1 aromatic carbocycles. The Labute approximate surface area is 119 Å². The van der Waals surface area contributed by atoms with E-state index in [4.69, 9.17) is 9.84 Å². The molecule has 20 heavy (non-hydrogen) atoms. The van der Waals surface area contributed by atoms with E-state index in [1.165, 1.54) is 18.9 Å². The van der Waals surface area contributed by atoms with Crippen molar-refractivity contribution in [2.24, 2.45) is 0 Å². The summed E-state index contributed by atoms with van der Waals surface area (Å²) in [6, 6.07) is 5.05. The number of hydrogen-bond acceptors (Lipinski definition) is 3. The van der Waals surface area contributed by atoms with Gasteiger partial charge in [0.25, 0.3) is 0 Å². The van der Waals surface area contributed by atoms with Crippen molar-refractivity contribution < 1.29 is 19.4 Å². The highest BCUT2D eigenvalue weighted by molar-refractivity contribution is 5.83. The highest BCUT2D eigenvalue weighted by atomic mass is 16.5. The van der Waals surface area contributed by atoms with Crippen molar-refractivity contribution in [3.63, 3.8) is 0 Å². The van der Waals surface area contributed by atoms with E-state index in [1.807, 2.05) is 32.0 Å². The van der Waals surface area contributed by atoms with Gasteiger partial charge in [-0.25, -0.2) is 4.79 Å². The molecule has 0 fully saturated rings. The lowest BCUT2D eigenvalue weighted by Gasteiger charge is -2.21. The number of carboxylic acids is 1. The summed E-state index contributed by atoms with van der Waals surface area (Å²) in [5, 5.41) is 8.85. The maximum absolute atomic E-state index is 11.8. The van der Waals surface area contributed by atoms with Crippen LogP contribution in [0, 0.1) is 13.8 Å². The standard InChI is InChI=1S/C15H21NO4/c1-10-5-6-11(2)13(9-10)20-8-7-14(17)16(4)12(3)15(18)19/h5-6,9,12H,7-8H2,1-4H3,(H,18,19). The molecule has 5 heteroatoms. The van der Waals surface area contributed by atoms with Crippen LogP contribution in [0.4, 0.5) is 0 Å². The molecule has 1 atom stereocenters. The number of nitrogens with zero attached hydrogens (tertiary/aromatic N) is 1. The Balaban J connectivity index is 2.50. The topological polar surface area (TPSA) is 66.8 Å². The fraction of sp³-hybridized carbons (Fsp3) is 0.467. The number of ether oxygens (including phenoxy) is 1. The van der Waals surface area contributed by atoms with Crippen LogP contribution in [0.25, 0.3) is 0 Å². The molecule has 0 saturated heterocycles. The first-order valence-corrected chi connectivity index (χ1v) is 6.51. The van der Waals surface area contributed by atoms with Gasteiger partial charge in [-0.2, -0.15) is 0 Å². The molecule has 1 amide bonds. The number of amides is 1. The van der Waals surface area contributed by atoms with Crippen molar-refractivity contribution in [1.82, 2.24) is 4.90 Å². The van der Waals surface area contributed by atoms with Crippen LogP contribution in [0.2, 0.25) is 0 Å². The third-order valence-electron chi connectivity index (χ3n) is 3.25. The molecule has 0 aliphatic rings. The van der Waals surface area contributed by atoms with Crippen LogP contribution in [0.15, 0.2) is 18.2 Å². The largest absolute Gasteiger partial charge is 0.493 e. The van der Waals surface area contributed by atoms with E-state index in [9.17, 15) is 9.59 Å². The molecule has 0 aliphatic carbocycles. The molecule has 1 aromatic rings. The van der Waals surface area contributed by atoms with Crippen molar-refractivity contribution in [2.75, 3.05) is 13.7 Å². The molecule has 0 spiro atoms.